The zero-order valence-electron chi connectivity index (χ0n) is 9.92. The summed E-state index contributed by atoms with van der Waals surface area (Å²) in [6, 6.07) is 0. The van der Waals surface area contributed by atoms with E-state index in [0.717, 1.165) is 0 Å². The van der Waals surface area contributed by atoms with E-state index in [1.807, 2.05) is 0 Å². The minimum atomic E-state index is -0.515. The van der Waals surface area contributed by atoms with Crippen molar-refractivity contribution in [2.45, 2.75) is 39.7 Å². The molecule has 0 aliphatic carbocycles. The van der Waals surface area contributed by atoms with Gasteiger partial charge in [0.1, 0.15) is 5.60 Å². The van der Waals surface area contributed by atoms with Crippen molar-refractivity contribution in [3.8, 4) is 0 Å². The second-order valence-electron chi connectivity index (χ2n) is 4.28. The lowest BCUT2D eigenvalue weighted by molar-refractivity contribution is -0.148. The summed E-state index contributed by atoms with van der Waals surface area (Å²) in [6.07, 6.45) is 1.41. The highest BCUT2D eigenvalue weighted by atomic mass is 16.6. The molecule has 4 nitrogen and oxygen atoms in total. The molecule has 86 valence electrons. The molecule has 0 unspecified atom stereocenters. The fraction of sp³-hybridized carbons (Fsp3) is 0.636. The highest BCUT2D eigenvalue weighted by Crippen LogP contribution is 2.09. The van der Waals surface area contributed by atoms with Crippen LogP contribution < -0.4 is 0 Å². The van der Waals surface area contributed by atoms with E-state index >= 15 is 0 Å². The third-order valence-electron chi connectivity index (χ3n) is 1.42. The van der Waals surface area contributed by atoms with E-state index < -0.39 is 11.6 Å². The lowest BCUT2D eigenvalue weighted by Gasteiger charge is -2.18. The highest BCUT2D eigenvalue weighted by molar-refractivity contribution is 5.84. The van der Waals surface area contributed by atoms with Crippen LogP contribution in [0.3, 0.4) is 0 Å². The predicted molar refractivity (Wildman–Crippen MR) is 56.2 cm³/mol. The van der Waals surface area contributed by atoms with E-state index in [-0.39, 0.29) is 12.4 Å². The van der Waals surface area contributed by atoms with Crippen molar-refractivity contribution < 1.29 is 19.1 Å². The van der Waals surface area contributed by atoms with Gasteiger partial charge in [-0.05, 0) is 27.7 Å². The van der Waals surface area contributed by atoms with Crippen LogP contribution in [0.4, 0.5) is 0 Å². The molecular formula is C11H18O4. The molecule has 0 aliphatic heterocycles. The molecule has 0 amide bonds. The van der Waals surface area contributed by atoms with Crippen LogP contribution in [0.25, 0.3) is 0 Å². The first-order valence-electron chi connectivity index (χ1n) is 4.71. The van der Waals surface area contributed by atoms with Gasteiger partial charge in [-0.2, -0.15) is 0 Å². The first-order valence-corrected chi connectivity index (χ1v) is 4.71. The zero-order valence-corrected chi connectivity index (χ0v) is 9.92. The normalized spacial score (nSPS) is 12.2. The fourth-order valence-corrected chi connectivity index (χ4v) is 0.883. The van der Waals surface area contributed by atoms with E-state index in [9.17, 15) is 9.59 Å². The number of rotatable bonds is 3. The Labute approximate surface area is 90.2 Å². The van der Waals surface area contributed by atoms with Crippen LogP contribution in [0, 0.1) is 0 Å². The van der Waals surface area contributed by atoms with Gasteiger partial charge in [0.25, 0.3) is 0 Å². The van der Waals surface area contributed by atoms with Crippen molar-refractivity contribution >= 4 is 11.9 Å². The van der Waals surface area contributed by atoms with Crippen LogP contribution in [0.5, 0.6) is 0 Å². The van der Waals surface area contributed by atoms with Crippen molar-refractivity contribution in [3.05, 3.63) is 11.6 Å². The first-order chi connectivity index (χ1) is 6.74. The zero-order chi connectivity index (χ0) is 12.1. The van der Waals surface area contributed by atoms with Crippen LogP contribution in [-0.2, 0) is 19.1 Å². The maximum absolute atomic E-state index is 11.3. The molecule has 0 aromatic carbocycles. The molecule has 0 atom stereocenters. The SMILES string of the molecule is COC(=O)C/C(C)=C/C(=O)OC(C)(C)C. The summed E-state index contributed by atoms with van der Waals surface area (Å²) in [5.41, 5.74) is 0.107. The summed E-state index contributed by atoms with van der Waals surface area (Å²) in [4.78, 5) is 22.2. The van der Waals surface area contributed by atoms with Crippen molar-refractivity contribution in [3.63, 3.8) is 0 Å². The summed E-state index contributed by atoms with van der Waals surface area (Å²) in [7, 11) is 1.31. The fourth-order valence-electron chi connectivity index (χ4n) is 0.883. The third kappa shape index (κ3) is 7.73. The van der Waals surface area contributed by atoms with Gasteiger partial charge in [0, 0.05) is 6.08 Å². The average Bonchev–Trinajstić information content (AvgIpc) is 1.99. The van der Waals surface area contributed by atoms with Crippen molar-refractivity contribution in [1.82, 2.24) is 0 Å². The second kappa shape index (κ2) is 5.53. The largest absolute Gasteiger partial charge is 0.469 e. The Morgan fingerprint density at radius 1 is 1.27 bits per heavy atom. The molecule has 0 aliphatic rings. The smallest absolute Gasteiger partial charge is 0.331 e. The van der Waals surface area contributed by atoms with E-state index in [2.05, 4.69) is 4.74 Å². The number of ether oxygens (including phenoxy) is 2. The van der Waals surface area contributed by atoms with Gasteiger partial charge < -0.3 is 9.47 Å². The standard InChI is InChI=1S/C11H18O4/c1-8(6-9(12)14-5)7-10(13)15-11(2,3)4/h7H,6H2,1-5H3/b8-7+. The van der Waals surface area contributed by atoms with Gasteiger partial charge in [-0.3, -0.25) is 4.79 Å². The Hall–Kier alpha value is -1.32. The molecule has 0 saturated heterocycles. The van der Waals surface area contributed by atoms with Gasteiger partial charge in [0.2, 0.25) is 0 Å². The average molecular weight is 214 g/mol. The molecule has 0 bridgehead atoms. The predicted octanol–water partition coefficient (Wildman–Crippen LogP) is 1.84. The molecule has 0 rings (SSSR count). The van der Waals surface area contributed by atoms with Crippen molar-refractivity contribution in [1.29, 1.82) is 0 Å². The Morgan fingerprint density at radius 3 is 2.20 bits per heavy atom. The lowest BCUT2D eigenvalue weighted by Crippen LogP contribution is -2.22. The monoisotopic (exact) mass is 214 g/mol. The summed E-state index contributed by atoms with van der Waals surface area (Å²) in [5.74, 6) is -0.809. The Bertz CT molecular complexity index is 271. The van der Waals surface area contributed by atoms with Gasteiger partial charge in [0.15, 0.2) is 0 Å². The van der Waals surface area contributed by atoms with E-state index in [1.54, 1.807) is 27.7 Å². The first kappa shape index (κ1) is 13.7. The Morgan fingerprint density at radius 2 is 1.80 bits per heavy atom. The molecule has 0 fully saturated rings. The number of carbonyl (C=O) groups excluding carboxylic acids is 2. The van der Waals surface area contributed by atoms with Gasteiger partial charge in [0.05, 0.1) is 13.5 Å². The van der Waals surface area contributed by atoms with Crippen LogP contribution >= 0.6 is 0 Å². The van der Waals surface area contributed by atoms with Gasteiger partial charge in [-0.15, -0.1) is 0 Å². The molecular weight excluding hydrogens is 196 g/mol. The maximum Gasteiger partial charge on any atom is 0.331 e. The molecule has 0 aromatic rings. The number of hydrogen-bond donors (Lipinski definition) is 0. The maximum atomic E-state index is 11.3. The number of carbonyl (C=O) groups is 2. The Balaban J connectivity index is 4.24. The van der Waals surface area contributed by atoms with Crippen molar-refractivity contribution in [2.75, 3.05) is 7.11 Å². The van der Waals surface area contributed by atoms with Crippen LogP contribution in [0.15, 0.2) is 11.6 Å². The number of hydrogen-bond acceptors (Lipinski definition) is 4. The minimum Gasteiger partial charge on any atom is -0.469 e. The van der Waals surface area contributed by atoms with Crippen LogP contribution in [-0.4, -0.2) is 24.6 Å². The highest BCUT2D eigenvalue weighted by Gasteiger charge is 2.14. The topological polar surface area (TPSA) is 52.6 Å². The summed E-state index contributed by atoms with van der Waals surface area (Å²) < 4.78 is 9.53. The van der Waals surface area contributed by atoms with Gasteiger partial charge in [-0.1, -0.05) is 5.57 Å². The van der Waals surface area contributed by atoms with Crippen LogP contribution in [0.2, 0.25) is 0 Å². The van der Waals surface area contributed by atoms with E-state index in [0.29, 0.717) is 5.57 Å². The van der Waals surface area contributed by atoms with E-state index in [1.165, 1.54) is 13.2 Å². The van der Waals surface area contributed by atoms with Crippen LogP contribution in [0.1, 0.15) is 34.1 Å². The van der Waals surface area contributed by atoms with Gasteiger partial charge in [-0.25, -0.2) is 4.79 Å². The number of esters is 2. The summed E-state index contributed by atoms with van der Waals surface area (Å²) in [5, 5.41) is 0. The molecule has 0 saturated carbocycles. The summed E-state index contributed by atoms with van der Waals surface area (Å²) in [6.45, 7) is 7.04. The second-order valence-corrected chi connectivity index (χ2v) is 4.28. The molecule has 0 spiro atoms. The van der Waals surface area contributed by atoms with E-state index in [4.69, 9.17) is 4.74 Å². The van der Waals surface area contributed by atoms with Crippen molar-refractivity contribution in [2.24, 2.45) is 0 Å². The third-order valence-corrected chi connectivity index (χ3v) is 1.42. The summed E-state index contributed by atoms with van der Waals surface area (Å²) >= 11 is 0. The quantitative estimate of drug-likeness (QED) is 0.531. The molecule has 0 aromatic heterocycles. The lowest BCUT2D eigenvalue weighted by atomic mass is 10.2. The molecule has 15 heavy (non-hydrogen) atoms. The number of methoxy groups -OCH3 is 1. The molecule has 0 N–H and O–H groups in total. The molecule has 4 heteroatoms. The minimum absolute atomic E-state index is 0.107. The molecule has 0 heterocycles. The van der Waals surface area contributed by atoms with Gasteiger partial charge >= 0.3 is 11.9 Å². The molecule has 0 radical (unpaired) electrons. The Kier molecular flexibility index (Phi) is 5.05.